The number of amidine groups is 1. The highest BCUT2D eigenvalue weighted by Gasteiger charge is 2.37. The lowest BCUT2D eigenvalue weighted by Crippen LogP contribution is -2.45. The van der Waals surface area contributed by atoms with Crippen molar-refractivity contribution in [2.24, 2.45) is 4.99 Å². The number of benzene rings is 1. The van der Waals surface area contributed by atoms with Crippen molar-refractivity contribution in [2.75, 3.05) is 12.9 Å². The first-order chi connectivity index (χ1) is 9.80. The number of hydrogen-bond donors (Lipinski definition) is 1. The summed E-state index contributed by atoms with van der Waals surface area (Å²) in [6.07, 6.45) is 6.73. The number of nitrogens with one attached hydrogen (secondary N) is 1. The van der Waals surface area contributed by atoms with Gasteiger partial charge in [-0.05, 0) is 30.5 Å². The SMILES string of the molecule is COc1ccc(CN=C2NC3(CCCCC3)CS2)cc1. The summed E-state index contributed by atoms with van der Waals surface area (Å²) in [7, 11) is 1.69. The molecule has 1 saturated carbocycles. The molecule has 0 amide bonds. The molecular weight excluding hydrogens is 268 g/mol. The van der Waals surface area contributed by atoms with Crippen LogP contribution in [0, 0.1) is 0 Å². The highest BCUT2D eigenvalue weighted by atomic mass is 32.2. The number of ether oxygens (including phenoxy) is 1. The Hall–Kier alpha value is -1.16. The monoisotopic (exact) mass is 290 g/mol. The Morgan fingerprint density at radius 2 is 1.95 bits per heavy atom. The summed E-state index contributed by atoms with van der Waals surface area (Å²) in [5.41, 5.74) is 1.58. The normalized spacial score (nSPS) is 22.9. The predicted octanol–water partition coefficient (Wildman–Crippen LogP) is 3.59. The van der Waals surface area contributed by atoms with E-state index in [1.807, 2.05) is 23.9 Å². The van der Waals surface area contributed by atoms with E-state index in [2.05, 4.69) is 17.4 Å². The van der Waals surface area contributed by atoms with E-state index in [0.717, 1.165) is 17.5 Å². The zero-order valence-corrected chi connectivity index (χ0v) is 12.8. The summed E-state index contributed by atoms with van der Waals surface area (Å²) in [5.74, 6) is 2.09. The molecule has 1 aliphatic heterocycles. The first kappa shape index (κ1) is 13.8. The van der Waals surface area contributed by atoms with Gasteiger partial charge in [0.1, 0.15) is 5.75 Å². The van der Waals surface area contributed by atoms with Gasteiger partial charge in [-0.3, -0.25) is 4.99 Å². The Morgan fingerprint density at radius 3 is 2.65 bits per heavy atom. The molecule has 1 spiro atoms. The van der Waals surface area contributed by atoms with Crippen molar-refractivity contribution in [2.45, 2.75) is 44.2 Å². The van der Waals surface area contributed by atoms with Crippen LogP contribution in [0.25, 0.3) is 0 Å². The smallest absolute Gasteiger partial charge is 0.157 e. The largest absolute Gasteiger partial charge is 0.497 e. The molecule has 1 saturated heterocycles. The van der Waals surface area contributed by atoms with Gasteiger partial charge in [0.05, 0.1) is 13.7 Å². The molecule has 3 nitrogen and oxygen atoms in total. The summed E-state index contributed by atoms with van der Waals surface area (Å²) >= 11 is 1.89. The van der Waals surface area contributed by atoms with E-state index in [0.29, 0.717) is 5.54 Å². The summed E-state index contributed by atoms with van der Waals surface area (Å²) in [5, 5.41) is 4.81. The molecule has 0 radical (unpaired) electrons. The summed E-state index contributed by atoms with van der Waals surface area (Å²) in [4.78, 5) is 4.73. The highest BCUT2D eigenvalue weighted by Crippen LogP contribution is 2.36. The topological polar surface area (TPSA) is 33.6 Å². The summed E-state index contributed by atoms with van der Waals surface area (Å²) in [6.45, 7) is 0.745. The number of methoxy groups -OCH3 is 1. The maximum Gasteiger partial charge on any atom is 0.157 e. The van der Waals surface area contributed by atoms with Crippen LogP contribution in [-0.4, -0.2) is 23.6 Å². The lowest BCUT2D eigenvalue weighted by molar-refractivity contribution is 0.303. The van der Waals surface area contributed by atoms with Crippen LogP contribution < -0.4 is 10.1 Å². The van der Waals surface area contributed by atoms with Crippen LogP contribution in [-0.2, 0) is 6.54 Å². The van der Waals surface area contributed by atoms with Crippen LogP contribution in [0.4, 0.5) is 0 Å². The van der Waals surface area contributed by atoms with E-state index in [1.54, 1.807) is 7.11 Å². The number of nitrogens with zero attached hydrogens (tertiary/aromatic N) is 1. The number of hydrogen-bond acceptors (Lipinski definition) is 3. The zero-order chi connectivity index (χ0) is 13.8. The van der Waals surface area contributed by atoms with Gasteiger partial charge >= 0.3 is 0 Å². The third kappa shape index (κ3) is 3.11. The minimum atomic E-state index is 0.349. The summed E-state index contributed by atoms with van der Waals surface area (Å²) in [6, 6.07) is 8.15. The van der Waals surface area contributed by atoms with Gasteiger partial charge in [-0.25, -0.2) is 0 Å². The van der Waals surface area contributed by atoms with Gasteiger partial charge in [0.15, 0.2) is 5.17 Å². The van der Waals surface area contributed by atoms with Gasteiger partial charge in [-0.15, -0.1) is 0 Å². The minimum absolute atomic E-state index is 0.349. The molecule has 1 N–H and O–H groups in total. The fourth-order valence-electron chi connectivity index (χ4n) is 2.98. The van der Waals surface area contributed by atoms with Crippen LogP contribution in [0.2, 0.25) is 0 Å². The zero-order valence-electron chi connectivity index (χ0n) is 12.0. The first-order valence-corrected chi connectivity index (χ1v) is 8.37. The van der Waals surface area contributed by atoms with E-state index < -0.39 is 0 Å². The van der Waals surface area contributed by atoms with Gasteiger partial charge in [0.2, 0.25) is 0 Å². The fourth-order valence-corrected chi connectivity index (χ4v) is 4.20. The van der Waals surface area contributed by atoms with Crippen molar-refractivity contribution < 1.29 is 4.74 Å². The summed E-state index contributed by atoms with van der Waals surface area (Å²) < 4.78 is 5.17. The van der Waals surface area contributed by atoms with E-state index in [1.165, 1.54) is 43.4 Å². The molecule has 108 valence electrons. The Balaban J connectivity index is 1.59. The maximum absolute atomic E-state index is 5.17. The van der Waals surface area contributed by atoms with Crippen LogP contribution in [0.3, 0.4) is 0 Å². The molecule has 2 aliphatic rings. The highest BCUT2D eigenvalue weighted by molar-refractivity contribution is 8.14. The van der Waals surface area contributed by atoms with Gasteiger partial charge in [-0.1, -0.05) is 43.2 Å². The van der Waals surface area contributed by atoms with Crippen molar-refractivity contribution in [1.82, 2.24) is 5.32 Å². The van der Waals surface area contributed by atoms with E-state index in [4.69, 9.17) is 9.73 Å². The molecule has 1 aliphatic carbocycles. The van der Waals surface area contributed by atoms with Gasteiger partial charge in [0.25, 0.3) is 0 Å². The van der Waals surface area contributed by atoms with E-state index in [-0.39, 0.29) is 0 Å². The quantitative estimate of drug-likeness (QED) is 0.923. The number of rotatable bonds is 3. The molecule has 2 fully saturated rings. The van der Waals surface area contributed by atoms with Crippen molar-refractivity contribution in [3.63, 3.8) is 0 Å². The molecule has 0 unspecified atom stereocenters. The maximum atomic E-state index is 5.17. The van der Waals surface area contributed by atoms with Crippen LogP contribution in [0.1, 0.15) is 37.7 Å². The number of thioether (sulfide) groups is 1. The molecule has 0 atom stereocenters. The molecule has 0 aromatic heterocycles. The average molecular weight is 290 g/mol. The van der Waals surface area contributed by atoms with Crippen molar-refractivity contribution in [3.05, 3.63) is 29.8 Å². The predicted molar refractivity (Wildman–Crippen MR) is 85.5 cm³/mol. The Morgan fingerprint density at radius 1 is 1.20 bits per heavy atom. The lowest BCUT2D eigenvalue weighted by Gasteiger charge is -2.32. The molecule has 0 bridgehead atoms. The van der Waals surface area contributed by atoms with E-state index in [9.17, 15) is 0 Å². The Bertz CT molecular complexity index is 478. The molecule has 1 heterocycles. The first-order valence-electron chi connectivity index (χ1n) is 7.38. The molecule has 20 heavy (non-hydrogen) atoms. The second-order valence-corrected chi connectivity index (χ2v) is 6.69. The van der Waals surface area contributed by atoms with Gasteiger partial charge in [0, 0.05) is 11.3 Å². The minimum Gasteiger partial charge on any atom is -0.497 e. The Labute approximate surface area is 125 Å². The van der Waals surface area contributed by atoms with Crippen LogP contribution >= 0.6 is 11.8 Å². The lowest BCUT2D eigenvalue weighted by atomic mass is 9.83. The van der Waals surface area contributed by atoms with Crippen molar-refractivity contribution >= 4 is 16.9 Å². The average Bonchev–Trinajstić information content (AvgIpc) is 2.89. The van der Waals surface area contributed by atoms with Crippen LogP contribution in [0.5, 0.6) is 5.75 Å². The standard InChI is InChI=1S/C16H22N2OS/c1-19-14-7-5-13(6-8-14)11-17-15-18-16(12-20-15)9-3-2-4-10-16/h5-8H,2-4,9-12H2,1H3,(H,17,18). The molecule has 3 rings (SSSR count). The second-order valence-electron chi connectivity index (χ2n) is 5.72. The van der Waals surface area contributed by atoms with Crippen molar-refractivity contribution in [1.29, 1.82) is 0 Å². The fraction of sp³-hybridized carbons (Fsp3) is 0.562. The Kier molecular flexibility index (Phi) is 4.20. The van der Waals surface area contributed by atoms with Crippen LogP contribution in [0.15, 0.2) is 29.3 Å². The van der Waals surface area contributed by atoms with E-state index >= 15 is 0 Å². The van der Waals surface area contributed by atoms with Gasteiger partial charge < -0.3 is 10.1 Å². The third-order valence-corrected chi connectivity index (χ3v) is 5.43. The second kappa shape index (κ2) is 6.08. The molecule has 4 heteroatoms. The number of aliphatic imine (C=N–C) groups is 1. The van der Waals surface area contributed by atoms with Gasteiger partial charge in [-0.2, -0.15) is 0 Å². The van der Waals surface area contributed by atoms with Crippen molar-refractivity contribution in [3.8, 4) is 5.75 Å². The molecule has 1 aromatic rings. The third-order valence-electron chi connectivity index (χ3n) is 4.23. The molecular formula is C16H22N2OS. The molecule has 1 aromatic carbocycles.